The molecule has 0 aliphatic heterocycles. The van der Waals surface area contributed by atoms with E-state index in [0.29, 0.717) is 28.4 Å². The van der Waals surface area contributed by atoms with Crippen LogP contribution in [0.1, 0.15) is 5.56 Å². The number of ether oxygens (including phenoxy) is 2. The molecule has 6 nitrogen and oxygen atoms in total. The highest BCUT2D eigenvalue weighted by molar-refractivity contribution is 5.91. The van der Waals surface area contributed by atoms with Gasteiger partial charge in [0, 0.05) is 5.39 Å². The zero-order valence-corrected chi connectivity index (χ0v) is 16.5. The summed E-state index contributed by atoms with van der Waals surface area (Å²) in [5, 5.41) is 5.07. The Hall–Kier alpha value is -4.00. The Kier molecular flexibility index (Phi) is 5.52. The Balaban J connectivity index is 1.68. The van der Waals surface area contributed by atoms with Gasteiger partial charge in [0.25, 0.3) is 0 Å². The first-order chi connectivity index (χ1) is 14.7. The number of halogens is 1. The van der Waals surface area contributed by atoms with Gasteiger partial charge in [0.05, 0.1) is 31.5 Å². The monoisotopic (exact) mass is 402 g/mol. The number of nitrogens with one attached hydrogen (secondary N) is 1. The van der Waals surface area contributed by atoms with Crippen molar-refractivity contribution in [3.63, 3.8) is 0 Å². The largest absolute Gasteiger partial charge is 0.493 e. The molecule has 4 aromatic rings. The molecule has 0 saturated carbocycles. The number of rotatable bonds is 6. The topological polar surface area (TPSA) is 68.6 Å². The number of hydrazone groups is 1. The highest BCUT2D eigenvalue weighted by atomic mass is 19.1. The zero-order chi connectivity index (χ0) is 20.9. The third-order valence-corrected chi connectivity index (χ3v) is 4.51. The summed E-state index contributed by atoms with van der Waals surface area (Å²) >= 11 is 0. The normalized spacial score (nSPS) is 11.0. The predicted molar refractivity (Wildman–Crippen MR) is 116 cm³/mol. The summed E-state index contributed by atoms with van der Waals surface area (Å²) in [6.45, 7) is 0. The first-order valence-corrected chi connectivity index (χ1v) is 9.22. The van der Waals surface area contributed by atoms with Crippen molar-refractivity contribution in [2.24, 2.45) is 5.10 Å². The van der Waals surface area contributed by atoms with E-state index in [1.807, 2.05) is 36.4 Å². The SMILES string of the molecule is COc1ccc(C=NNc2nc(-c3ccccc3F)nc3ccccc23)cc1OC. The van der Waals surface area contributed by atoms with Crippen LogP contribution >= 0.6 is 0 Å². The van der Waals surface area contributed by atoms with E-state index in [2.05, 4.69) is 20.5 Å². The van der Waals surface area contributed by atoms with E-state index in [1.165, 1.54) is 6.07 Å². The second-order valence-electron chi connectivity index (χ2n) is 6.38. The summed E-state index contributed by atoms with van der Waals surface area (Å²) < 4.78 is 24.8. The number of anilines is 1. The lowest BCUT2D eigenvalue weighted by Gasteiger charge is -2.09. The van der Waals surface area contributed by atoms with Gasteiger partial charge >= 0.3 is 0 Å². The molecule has 0 bridgehead atoms. The maximum atomic E-state index is 14.3. The molecule has 0 fully saturated rings. The summed E-state index contributed by atoms with van der Waals surface area (Å²) in [4.78, 5) is 9.01. The number of fused-ring (bicyclic) bond motifs is 1. The molecule has 1 heterocycles. The molecular weight excluding hydrogens is 383 g/mol. The van der Waals surface area contributed by atoms with Crippen LogP contribution in [0.4, 0.5) is 10.2 Å². The van der Waals surface area contributed by atoms with Crippen LogP contribution in [-0.2, 0) is 0 Å². The summed E-state index contributed by atoms with van der Waals surface area (Å²) in [6.07, 6.45) is 1.64. The standard InChI is InChI=1S/C23H19FN4O2/c1-29-20-12-11-15(13-21(20)30-2)14-25-28-23-17-8-4-6-10-19(17)26-22(27-23)16-7-3-5-9-18(16)24/h3-14H,1-2H3,(H,26,27,28). The molecule has 3 aromatic carbocycles. The Labute approximate surface area is 173 Å². The molecule has 0 atom stereocenters. The number of hydrogen-bond acceptors (Lipinski definition) is 6. The van der Waals surface area contributed by atoms with Gasteiger partial charge in [0.15, 0.2) is 23.1 Å². The van der Waals surface area contributed by atoms with Crippen molar-refractivity contribution in [1.82, 2.24) is 9.97 Å². The number of hydrogen-bond donors (Lipinski definition) is 1. The average Bonchev–Trinajstić information content (AvgIpc) is 2.79. The van der Waals surface area contributed by atoms with Crippen LogP contribution in [-0.4, -0.2) is 30.4 Å². The van der Waals surface area contributed by atoms with Crippen molar-refractivity contribution >= 4 is 22.9 Å². The van der Waals surface area contributed by atoms with Crippen molar-refractivity contribution in [3.8, 4) is 22.9 Å². The van der Waals surface area contributed by atoms with Crippen LogP contribution in [0, 0.1) is 5.82 Å². The van der Waals surface area contributed by atoms with Crippen molar-refractivity contribution in [2.45, 2.75) is 0 Å². The number of benzene rings is 3. The molecule has 0 aliphatic rings. The van der Waals surface area contributed by atoms with Gasteiger partial charge in [0.1, 0.15) is 5.82 Å². The lowest BCUT2D eigenvalue weighted by Crippen LogP contribution is -2.00. The molecule has 150 valence electrons. The highest BCUT2D eigenvalue weighted by Gasteiger charge is 2.12. The Morgan fingerprint density at radius 1 is 0.900 bits per heavy atom. The average molecular weight is 402 g/mol. The second-order valence-corrected chi connectivity index (χ2v) is 6.38. The minimum absolute atomic E-state index is 0.288. The van der Waals surface area contributed by atoms with Gasteiger partial charge in [-0.05, 0) is 48.0 Å². The van der Waals surface area contributed by atoms with Crippen molar-refractivity contribution < 1.29 is 13.9 Å². The molecule has 0 radical (unpaired) electrons. The van der Waals surface area contributed by atoms with Crippen LogP contribution in [0.3, 0.4) is 0 Å². The first kappa shape index (κ1) is 19.3. The van der Waals surface area contributed by atoms with E-state index in [1.54, 1.807) is 44.7 Å². The lowest BCUT2D eigenvalue weighted by molar-refractivity contribution is 0.355. The maximum Gasteiger partial charge on any atom is 0.165 e. The van der Waals surface area contributed by atoms with Crippen LogP contribution in [0.5, 0.6) is 11.5 Å². The molecule has 0 amide bonds. The minimum atomic E-state index is -0.382. The van der Waals surface area contributed by atoms with Crippen LogP contribution in [0.15, 0.2) is 71.8 Å². The van der Waals surface area contributed by atoms with Gasteiger partial charge in [0.2, 0.25) is 0 Å². The lowest BCUT2D eigenvalue weighted by atomic mass is 10.1. The van der Waals surface area contributed by atoms with Gasteiger partial charge < -0.3 is 9.47 Å². The quantitative estimate of drug-likeness (QED) is 0.367. The van der Waals surface area contributed by atoms with E-state index in [-0.39, 0.29) is 11.6 Å². The molecule has 0 unspecified atom stereocenters. The molecule has 7 heteroatoms. The number of para-hydroxylation sites is 1. The summed E-state index contributed by atoms with van der Waals surface area (Å²) in [5.41, 5.74) is 4.79. The molecule has 30 heavy (non-hydrogen) atoms. The molecule has 0 spiro atoms. The van der Waals surface area contributed by atoms with Crippen LogP contribution in [0.2, 0.25) is 0 Å². The number of methoxy groups -OCH3 is 2. The van der Waals surface area contributed by atoms with Gasteiger partial charge in [-0.15, -0.1) is 0 Å². The smallest absolute Gasteiger partial charge is 0.165 e. The van der Waals surface area contributed by atoms with E-state index >= 15 is 0 Å². The van der Waals surface area contributed by atoms with Crippen LogP contribution in [0.25, 0.3) is 22.3 Å². The highest BCUT2D eigenvalue weighted by Crippen LogP contribution is 2.28. The summed E-state index contributed by atoms with van der Waals surface area (Å²) in [6, 6.07) is 19.4. The summed E-state index contributed by atoms with van der Waals surface area (Å²) in [7, 11) is 3.16. The molecule has 0 saturated heterocycles. The van der Waals surface area contributed by atoms with Gasteiger partial charge in [-0.1, -0.05) is 24.3 Å². The van der Waals surface area contributed by atoms with Crippen molar-refractivity contribution in [2.75, 3.05) is 19.6 Å². The van der Waals surface area contributed by atoms with Gasteiger partial charge in [-0.2, -0.15) is 5.10 Å². The molecule has 4 rings (SSSR count). The number of nitrogens with zero attached hydrogens (tertiary/aromatic N) is 3. The molecular formula is C23H19FN4O2. The fraction of sp³-hybridized carbons (Fsp3) is 0.0870. The van der Waals surface area contributed by atoms with E-state index < -0.39 is 0 Å². The molecule has 1 N–H and O–H groups in total. The third kappa shape index (κ3) is 3.91. The molecule has 0 aliphatic carbocycles. The minimum Gasteiger partial charge on any atom is -0.493 e. The van der Waals surface area contributed by atoms with E-state index in [9.17, 15) is 4.39 Å². The van der Waals surface area contributed by atoms with E-state index in [0.717, 1.165) is 10.9 Å². The fourth-order valence-corrected chi connectivity index (χ4v) is 3.03. The zero-order valence-electron chi connectivity index (χ0n) is 16.5. The third-order valence-electron chi connectivity index (χ3n) is 4.51. The van der Waals surface area contributed by atoms with Crippen molar-refractivity contribution in [1.29, 1.82) is 0 Å². The van der Waals surface area contributed by atoms with Crippen molar-refractivity contribution in [3.05, 3.63) is 78.1 Å². The fourth-order valence-electron chi connectivity index (χ4n) is 3.03. The predicted octanol–water partition coefficient (Wildman–Crippen LogP) is 4.90. The maximum absolute atomic E-state index is 14.3. The summed E-state index contributed by atoms with van der Waals surface area (Å²) in [5.74, 6) is 1.63. The van der Waals surface area contributed by atoms with Gasteiger partial charge in [-0.25, -0.2) is 14.4 Å². The first-order valence-electron chi connectivity index (χ1n) is 9.22. The Morgan fingerprint density at radius 2 is 1.67 bits per heavy atom. The molecule has 1 aromatic heterocycles. The Bertz CT molecular complexity index is 1230. The Morgan fingerprint density at radius 3 is 2.47 bits per heavy atom. The van der Waals surface area contributed by atoms with E-state index in [4.69, 9.17) is 9.47 Å². The van der Waals surface area contributed by atoms with Crippen LogP contribution < -0.4 is 14.9 Å². The number of aromatic nitrogens is 2. The van der Waals surface area contributed by atoms with Gasteiger partial charge in [-0.3, -0.25) is 5.43 Å². The second kappa shape index (κ2) is 8.57.